The van der Waals surface area contributed by atoms with Crippen LogP contribution in [0.5, 0.6) is 5.88 Å². The van der Waals surface area contributed by atoms with Crippen molar-refractivity contribution < 1.29 is 4.74 Å². The first-order valence-electron chi connectivity index (χ1n) is 3.67. The molecule has 0 bridgehead atoms. The van der Waals surface area contributed by atoms with Gasteiger partial charge in [0, 0.05) is 0 Å². The molecule has 0 unspecified atom stereocenters. The minimum atomic E-state index is 0.121. The first-order valence-corrected chi connectivity index (χ1v) is 3.67. The summed E-state index contributed by atoms with van der Waals surface area (Å²) >= 11 is 0. The number of aromatic nitrogens is 2. The van der Waals surface area contributed by atoms with Crippen molar-refractivity contribution in [3.8, 4) is 5.88 Å². The van der Waals surface area contributed by atoms with Gasteiger partial charge in [-0.3, -0.25) is 0 Å². The highest BCUT2D eigenvalue weighted by Gasteiger charge is 2.02. The molecule has 1 heterocycles. The maximum Gasteiger partial charge on any atom is 0.242 e. The summed E-state index contributed by atoms with van der Waals surface area (Å²) in [6, 6.07) is 0. The number of rotatable bonds is 3. The standard InChI is InChI=1S/C7H11N4O/c1-2-3-12-6-5(8)4-10-7(9)11-6/h2-3,8H2,1H3,(H2,9,10,11). The van der Waals surface area contributed by atoms with Crippen LogP contribution in [-0.2, 0) is 0 Å². The summed E-state index contributed by atoms with van der Waals surface area (Å²) in [5, 5.41) is 0. The molecule has 0 fully saturated rings. The van der Waals surface area contributed by atoms with E-state index in [4.69, 9.17) is 16.2 Å². The molecule has 0 aromatic carbocycles. The van der Waals surface area contributed by atoms with Crippen LogP contribution < -0.4 is 16.2 Å². The average molecular weight is 167 g/mol. The molecule has 0 spiro atoms. The first kappa shape index (κ1) is 8.58. The number of anilines is 2. The Kier molecular flexibility index (Phi) is 2.68. The van der Waals surface area contributed by atoms with E-state index in [0.29, 0.717) is 12.5 Å². The minimum Gasteiger partial charge on any atom is -0.476 e. The third-order valence-corrected chi connectivity index (χ3v) is 1.18. The maximum atomic E-state index is 5.47. The van der Waals surface area contributed by atoms with E-state index in [1.807, 2.05) is 6.92 Å². The summed E-state index contributed by atoms with van der Waals surface area (Å²) in [6.45, 7) is 2.55. The lowest BCUT2D eigenvalue weighted by molar-refractivity contribution is 0.307. The smallest absolute Gasteiger partial charge is 0.242 e. The fourth-order valence-corrected chi connectivity index (χ4v) is 0.663. The number of nitrogen functional groups attached to an aromatic ring is 2. The average Bonchev–Trinajstić information content (AvgIpc) is 2.07. The van der Waals surface area contributed by atoms with Gasteiger partial charge in [0.25, 0.3) is 0 Å². The van der Waals surface area contributed by atoms with Crippen LogP contribution in [-0.4, -0.2) is 16.6 Å². The molecule has 1 aromatic rings. The molecule has 5 nitrogen and oxygen atoms in total. The fraction of sp³-hybridized carbons (Fsp3) is 0.429. The topological polar surface area (TPSA) is 87.0 Å². The Labute approximate surface area is 70.8 Å². The Balaban J connectivity index is 2.75. The van der Waals surface area contributed by atoms with Gasteiger partial charge in [-0.1, -0.05) is 6.92 Å². The van der Waals surface area contributed by atoms with Gasteiger partial charge in [0.05, 0.1) is 6.61 Å². The van der Waals surface area contributed by atoms with Gasteiger partial charge in [-0.25, -0.2) is 4.98 Å². The predicted octanol–water partition coefficient (Wildman–Crippen LogP) is 0.230. The molecular formula is C7H11N4O. The Morgan fingerprint density at radius 3 is 2.92 bits per heavy atom. The van der Waals surface area contributed by atoms with Crippen molar-refractivity contribution in [3.63, 3.8) is 0 Å². The summed E-state index contributed by atoms with van der Waals surface area (Å²) in [5.41, 5.74) is 11.1. The van der Waals surface area contributed by atoms with Crippen LogP contribution in [0.1, 0.15) is 13.3 Å². The van der Waals surface area contributed by atoms with Crippen LogP contribution in [0.4, 0.5) is 11.6 Å². The Bertz CT molecular complexity index is 264. The third kappa shape index (κ3) is 1.98. The van der Waals surface area contributed by atoms with Crippen LogP contribution in [0, 0.1) is 6.20 Å². The summed E-state index contributed by atoms with van der Waals surface area (Å²) in [4.78, 5) is 7.38. The number of nitrogens with two attached hydrogens (primary N) is 2. The fourth-order valence-electron chi connectivity index (χ4n) is 0.663. The highest BCUT2D eigenvalue weighted by molar-refractivity contribution is 5.46. The zero-order valence-corrected chi connectivity index (χ0v) is 6.87. The molecule has 4 N–H and O–H groups in total. The molecule has 0 saturated heterocycles. The lowest BCUT2D eigenvalue weighted by Gasteiger charge is -2.04. The Morgan fingerprint density at radius 1 is 1.50 bits per heavy atom. The van der Waals surface area contributed by atoms with Gasteiger partial charge in [0.15, 0.2) is 0 Å². The number of hydrogen-bond acceptors (Lipinski definition) is 5. The van der Waals surface area contributed by atoms with Gasteiger partial charge in [-0.2, -0.15) is 4.98 Å². The molecule has 0 aliphatic heterocycles. The number of nitrogens with zero attached hydrogens (tertiary/aromatic N) is 2. The van der Waals surface area contributed by atoms with E-state index >= 15 is 0 Å². The van der Waals surface area contributed by atoms with Crippen molar-refractivity contribution in [3.05, 3.63) is 6.20 Å². The lowest BCUT2D eigenvalue weighted by atomic mass is 10.5. The molecule has 0 amide bonds. The van der Waals surface area contributed by atoms with Gasteiger partial charge in [0.2, 0.25) is 11.8 Å². The van der Waals surface area contributed by atoms with Gasteiger partial charge in [-0.05, 0) is 6.42 Å². The van der Waals surface area contributed by atoms with Gasteiger partial charge >= 0.3 is 0 Å². The molecule has 0 aliphatic carbocycles. The van der Waals surface area contributed by atoms with Gasteiger partial charge < -0.3 is 16.2 Å². The van der Waals surface area contributed by atoms with E-state index in [-0.39, 0.29) is 11.6 Å². The molecule has 12 heavy (non-hydrogen) atoms. The molecule has 1 radical (unpaired) electrons. The molecule has 0 saturated carbocycles. The first-order chi connectivity index (χ1) is 5.74. The molecular weight excluding hydrogens is 156 g/mol. The van der Waals surface area contributed by atoms with Gasteiger partial charge in [-0.15, -0.1) is 0 Å². The van der Waals surface area contributed by atoms with E-state index in [2.05, 4.69) is 16.2 Å². The van der Waals surface area contributed by atoms with Crippen molar-refractivity contribution in [1.29, 1.82) is 0 Å². The van der Waals surface area contributed by atoms with E-state index in [1.165, 1.54) is 0 Å². The Morgan fingerprint density at radius 2 is 2.25 bits per heavy atom. The maximum absolute atomic E-state index is 5.47. The van der Waals surface area contributed by atoms with Crippen LogP contribution in [0.2, 0.25) is 0 Å². The van der Waals surface area contributed by atoms with E-state index in [1.54, 1.807) is 0 Å². The molecule has 5 heteroatoms. The minimum absolute atomic E-state index is 0.121. The number of hydrogen-bond donors (Lipinski definition) is 2. The zero-order valence-electron chi connectivity index (χ0n) is 6.87. The second-order valence-corrected chi connectivity index (χ2v) is 2.26. The van der Waals surface area contributed by atoms with E-state index < -0.39 is 0 Å². The highest BCUT2D eigenvalue weighted by Crippen LogP contribution is 2.16. The Hall–Kier alpha value is -1.52. The van der Waals surface area contributed by atoms with Crippen LogP contribution in [0.3, 0.4) is 0 Å². The monoisotopic (exact) mass is 167 g/mol. The van der Waals surface area contributed by atoms with Crippen molar-refractivity contribution in [1.82, 2.24) is 9.97 Å². The summed E-state index contributed by atoms with van der Waals surface area (Å²) in [5.74, 6) is 0.430. The molecule has 1 rings (SSSR count). The van der Waals surface area contributed by atoms with Crippen molar-refractivity contribution in [2.24, 2.45) is 0 Å². The van der Waals surface area contributed by atoms with E-state index in [9.17, 15) is 0 Å². The summed E-state index contributed by atoms with van der Waals surface area (Å²) in [7, 11) is 0. The van der Waals surface area contributed by atoms with Crippen LogP contribution in [0.15, 0.2) is 0 Å². The zero-order chi connectivity index (χ0) is 8.97. The lowest BCUT2D eigenvalue weighted by Crippen LogP contribution is -2.04. The van der Waals surface area contributed by atoms with Crippen molar-refractivity contribution in [2.45, 2.75) is 13.3 Å². The predicted molar refractivity (Wildman–Crippen MR) is 45.5 cm³/mol. The third-order valence-electron chi connectivity index (χ3n) is 1.18. The van der Waals surface area contributed by atoms with Crippen LogP contribution in [0.25, 0.3) is 0 Å². The second-order valence-electron chi connectivity index (χ2n) is 2.26. The van der Waals surface area contributed by atoms with Gasteiger partial charge in [0.1, 0.15) is 11.9 Å². The number of ether oxygens (including phenoxy) is 1. The van der Waals surface area contributed by atoms with Crippen LogP contribution >= 0.6 is 0 Å². The molecule has 0 atom stereocenters. The van der Waals surface area contributed by atoms with Crippen molar-refractivity contribution in [2.75, 3.05) is 18.1 Å². The molecule has 65 valence electrons. The molecule has 0 aliphatic rings. The molecule has 1 aromatic heterocycles. The normalized spacial score (nSPS) is 9.75. The highest BCUT2D eigenvalue weighted by atomic mass is 16.5. The SMILES string of the molecule is CCCOc1nc(N)n[c]c1N. The van der Waals surface area contributed by atoms with Crippen molar-refractivity contribution >= 4 is 11.6 Å². The largest absolute Gasteiger partial charge is 0.476 e. The second kappa shape index (κ2) is 3.75. The van der Waals surface area contributed by atoms with E-state index in [0.717, 1.165) is 6.42 Å². The summed E-state index contributed by atoms with van der Waals surface area (Å²) in [6.07, 6.45) is 3.38. The summed E-state index contributed by atoms with van der Waals surface area (Å²) < 4.78 is 5.18. The quantitative estimate of drug-likeness (QED) is 0.672.